The first-order valence-electron chi connectivity index (χ1n) is 8.36. The molecule has 0 atom stereocenters. The fourth-order valence-corrected chi connectivity index (χ4v) is 3.59. The number of amides is 1. The number of carbonyl (C=O) groups is 1. The third-order valence-corrected chi connectivity index (χ3v) is 4.79. The van der Waals surface area contributed by atoms with Crippen molar-refractivity contribution in [2.75, 3.05) is 13.1 Å². The van der Waals surface area contributed by atoms with Gasteiger partial charge >= 0.3 is 0 Å². The van der Waals surface area contributed by atoms with Gasteiger partial charge in [-0.1, -0.05) is 17.7 Å². The van der Waals surface area contributed by atoms with Gasteiger partial charge in [-0.25, -0.2) is 8.91 Å². The zero-order chi connectivity index (χ0) is 17.4. The molecule has 1 saturated heterocycles. The molecule has 1 aliphatic heterocycles. The van der Waals surface area contributed by atoms with Crippen LogP contribution in [0.25, 0.3) is 16.8 Å². The van der Waals surface area contributed by atoms with Gasteiger partial charge in [0.2, 0.25) is 0 Å². The maximum Gasteiger partial charge on any atom is 0.257 e. The summed E-state index contributed by atoms with van der Waals surface area (Å²) in [4.78, 5) is 14.7. The maximum absolute atomic E-state index is 13.7. The van der Waals surface area contributed by atoms with Gasteiger partial charge in [0, 0.05) is 23.7 Å². The maximum atomic E-state index is 13.7. The van der Waals surface area contributed by atoms with E-state index in [1.54, 1.807) is 16.8 Å². The van der Waals surface area contributed by atoms with Crippen LogP contribution >= 0.6 is 11.6 Å². The normalized spacial score (nSPS) is 14.9. The Labute approximate surface area is 149 Å². The largest absolute Gasteiger partial charge is 0.339 e. The predicted octanol–water partition coefficient (Wildman–Crippen LogP) is 4.42. The Morgan fingerprint density at radius 2 is 1.92 bits per heavy atom. The van der Waals surface area contributed by atoms with Gasteiger partial charge in [0.05, 0.1) is 23.0 Å². The van der Waals surface area contributed by atoms with Gasteiger partial charge in [-0.2, -0.15) is 5.10 Å². The van der Waals surface area contributed by atoms with Crippen molar-refractivity contribution in [1.29, 1.82) is 0 Å². The lowest BCUT2D eigenvalue weighted by molar-refractivity contribution is 0.0726. The summed E-state index contributed by atoms with van der Waals surface area (Å²) >= 11 is 5.98. The first-order valence-corrected chi connectivity index (χ1v) is 8.74. The van der Waals surface area contributed by atoms with Gasteiger partial charge in [0.25, 0.3) is 5.91 Å². The van der Waals surface area contributed by atoms with E-state index in [-0.39, 0.29) is 5.91 Å². The van der Waals surface area contributed by atoms with Crippen LogP contribution in [0.4, 0.5) is 4.39 Å². The van der Waals surface area contributed by atoms with Crippen LogP contribution in [-0.4, -0.2) is 33.5 Å². The number of carbonyl (C=O) groups excluding carboxylic acids is 1. The average Bonchev–Trinajstić information content (AvgIpc) is 3.05. The Morgan fingerprint density at radius 3 is 2.68 bits per heavy atom. The third-order valence-electron chi connectivity index (χ3n) is 4.57. The van der Waals surface area contributed by atoms with E-state index < -0.39 is 5.82 Å². The number of rotatable bonds is 2. The summed E-state index contributed by atoms with van der Waals surface area (Å²) < 4.78 is 15.4. The van der Waals surface area contributed by atoms with Crippen LogP contribution in [0.2, 0.25) is 5.02 Å². The molecule has 0 bridgehead atoms. The monoisotopic (exact) mass is 357 g/mol. The average molecular weight is 358 g/mol. The highest BCUT2D eigenvalue weighted by Crippen LogP contribution is 2.26. The number of halogens is 2. The van der Waals surface area contributed by atoms with Crippen molar-refractivity contribution < 1.29 is 9.18 Å². The lowest BCUT2D eigenvalue weighted by Crippen LogP contribution is -2.35. The minimum absolute atomic E-state index is 0.00382. The van der Waals surface area contributed by atoms with Crippen molar-refractivity contribution in [3.05, 3.63) is 59.0 Å². The summed E-state index contributed by atoms with van der Waals surface area (Å²) in [5.74, 6) is -0.402. The van der Waals surface area contributed by atoms with Crippen LogP contribution in [-0.2, 0) is 0 Å². The first kappa shape index (κ1) is 16.1. The number of piperidine rings is 1. The Bertz CT molecular complexity index is 927. The quantitative estimate of drug-likeness (QED) is 0.680. The van der Waals surface area contributed by atoms with Crippen LogP contribution in [0.3, 0.4) is 0 Å². The Morgan fingerprint density at radius 1 is 1.12 bits per heavy atom. The summed E-state index contributed by atoms with van der Waals surface area (Å²) in [7, 11) is 0. The van der Waals surface area contributed by atoms with E-state index >= 15 is 0 Å². The number of nitrogens with zero attached hydrogens (tertiary/aromatic N) is 3. The van der Waals surface area contributed by atoms with Crippen molar-refractivity contribution in [3.63, 3.8) is 0 Å². The Balaban J connectivity index is 1.79. The minimum Gasteiger partial charge on any atom is -0.339 e. The molecule has 3 heterocycles. The van der Waals surface area contributed by atoms with Gasteiger partial charge in [0.15, 0.2) is 0 Å². The van der Waals surface area contributed by atoms with E-state index in [0.29, 0.717) is 27.4 Å². The molecule has 0 spiro atoms. The fraction of sp³-hybridized carbons (Fsp3) is 0.263. The van der Waals surface area contributed by atoms with E-state index in [0.717, 1.165) is 25.9 Å². The van der Waals surface area contributed by atoms with Gasteiger partial charge in [0.1, 0.15) is 5.82 Å². The molecule has 4 nitrogen and oxygen atoms in total. The number of hydrogen-bond donors (Lipinski definition) is 0. The van der Waals surface area contributed by atoms with Crippen molar-refractivity contribution >= 4 is 23.0 Å². The van der Waals surface area contributed by atoms with Crippen molar-refractivity contribution in [3.8, 4) is 11.3 Å². The van der Waals surface area contributed by atoms with Crippen LogP contribution in [0.5, 0.6) is 0 Å². The lowest BCUT2D eigenvalue weighted by atomic mass is 10.1. The smallest absolute Gasteiger partial charge is 0.257 e. The van der Waals surface area contributed by atoms with Crippen molar-refractivity contribution in [2.24, 2.45) is 0 Å². The third kappa shape index (κ3) is 3.00. The summed E-state index contributed by atoms with van der Waals surface area (Å²) in [6.45, 7) is 1.57. The number of benzene rings is 1. The summed E-state index contributed by atoms with van der Waals surface area (Å²) in [6, 6.07) is 9.90. The number of aromatic nitrogens is 2. The van der Waals surface area contributed by atoms with E-state index in [2.05, 4.69) is 5.10 Å². The van der Waals surface area contributed by atoms with Crippen LogP contribution < -0.4 is 0 Å². The minimum atomic E-state index is -0.406. The highest BCUT2D eigenvalue weighted by Gasteiger charge is 2.22. The molecule has 6 heteroatoms. The highest BCUT2D eigenvalue weighted by molar-refractivity contribution is 6.30. The molecule has 0 unspecified atom stereocenters. The molecule has 2 aromatic heterocycles. The number of pyridine rings is 1. The molecule has 0 N–H and O–H groups in total. The fourth-order valence-electron chi connectivity index (χ4n) is 3.36. The molecule has 4 rings (SSSR count). The van der Waals surface area contributed by atoms with E-state index in [1.165, 1.54) is 18.6 Å². The molecule has 1 fully saturated rings. The topological polar surface area (TPSA) is 37.6 Å². The molecular weight excluding hydrogens is 341 g/mol. The van der Waals surface area contributed by atoms with E-state index in [1.807, 2.05) is 23.1 Å². The van der Waals surface area contributed by atoms with Crippen molar-refractivity contribution in [1.82, 2.24) is 14.5 Å². The van der Waals surface area contributed by atoms with Crippen molar-refractivity contribution in [2.45, 2.75) is 19.3 Å². The van der Waals surface area contributed by atoms with E-state index in [9.17, 15) is 9.18 Å². The van der Waals surface area contributed by atoms with Crippen LogP contribution in [0, 0.1) is 5.82 Å². The zero-order valence-corrected chi connectivity index (χ0v) is 14.3. The van der Waals surface area contributed by atoms with Gasteiger partial charge in [-0.05, 0) is 49.6 Å². The lowest BCUT2D eigenvalue weighted by Gasteiger charge is -2.26. The predicted molar refractivity (Wildman–Crippen MR) is 95.4 cm³/mol. The molecule has 3 aromatic rings. The molecule has 0 aliphatic carbocycles. The summed E-state index contributed by atoms with van der Waals surface area (Å²) in [5, 5.41) is 4.70. The summed E-state index contributed by atoms with van der Waals surface area (Å²) in [5.41, 5.74) is 2.60. The molecular formula is C19H17ClFN3O. The molecule has 1 amide bonds. The highest BCUT2D eigenvalue weighted by atomic mass is 35.5. The van der Waals surface area contributed by atoms with E-state index in [4.69, 9.17) is 11.6 Å². The summed E-state index contributed by atoms with van der Waals surface area (Å²) in [6.07, 6.45) is 4.84. The SMILES string of the molecule is O=C(c1cnn2c(-c3cc(F)cc(Cl)c3)cccc12)N1CCCCC1. The van der Waals surface area contributed by atoms with Gasteiger partial charge in [-0.15, -0.1) is 0 Å². The molecule has 0 saturated carbocycles. The van der Waals surface area contributed by atoms with Crippen LogP contribution in [0.15, 0.2) is 42.6 Å². The van der Waals surface area contributed by atoms with Crippen LogP contribution in [0.1, 0.15) is 29.6 Å². The second kappa shape index (κ2) is 6.48. The molecule has 1 aromatic carbocycles. The van der Waals surface area contributed by atoms with Gasteiger partial charge < -0.3 is 4.90 Å². The number of fused-ring (bicyclic) bond motifs is 1. The van der Waals surface area contributed by atoms with Gasteiger partial charge in [-0.3, -0.25) is 4.79 Å². The Kier molecular flexibility index (Phi) is 4.17. The zero-order valence-electron chi connectivity index (χ0n) is 13.6. The Hall–Kier alpha value is -2.40. The number of hydrogen-bond acceptors (Lipinski definition) is 2. The molecule has 25 heavy (non-hydrogen) atoms. The molecule has 0 radical (unpaired) electrons. The second-order valence-electron chi connectivity index (χ2n) is 6.28. The molecule has 1 aliphatic rings. The molecule has 128 valence electrons. The number of likely N-dealkylation sites (tertiary alicyclic amines) is 1. The second-order valence-corrected chi connectivity index (χ2v) is 6.71. The first-order chi connectivity index (χ1) is 12.1. The standard InChI is InChI=1S/C19H17ClFN3O/c20-14-9-13(10-15(21)11-14)17-5-4-6-18-16(12-22-24(17)18)19(25)23-7-2-1-3-8-23/h4-6,9-12H,1-3,7-8H2.